The fourth-order valence-electron chi connectivity index (χ4n) is 3.92. The Labute approximate surface area is 158 Å². The number of ether oxygens (including phenoxy) is 1. The van der Waals surface area contributed by atoms with Crippen molar-refractivity contribution < 1.29 is 18.7 Å². The predicted octanol–water partition coefficient (Wildman–Crippen LogP) is 2.53. The minimum absolute atomic E-state index is 0.0408. The van der Waals surface area contributed by atoms with Crippen LogP contribution in [0.2, 0.25) is 0 Å². The van der Waals surface area contributed by atoms with Gasteiger partial charge < -0.3 is 19.4 Å². The van der Waals surface area contributed by atoms with Crippen LogP contribution in [0, 0.1) is 0 Å². The molecule has 3 atom stereocenters. The molecule has 2 aromatic rings. The normalized spacial score (nSPS) is 22.9. The number of benzene rings is 1. The van der Waals surface area contributed by atoms with Crippen LogP contribution in [0.25, 0.3) is 0 Å². The third kappa shape index (κ3) is 3.62. The number of amides is 2. The van der Waals surface area contributed by atoms with Crippen LogP contribution < -0.4 is 5.32 Å². The van der Waals surface area contributed by atoms with Crippen LogP contribution in [0.5, 0.6) is 0 Å². The van der Waals surface area contributed by atoms with E-state index < -0.39 is 6.04 Å². The second-order valence-corrected chi connectivity index (χ2v) is 7.25. The van der Waals surface area contributed by atoms with Gasteiger partial charge in [0, 0.05) is 19.6 Å². The molecule has 0 bridgehead atoms. The number of furan rings is 1. The quantitative estimate of drug-likeness (QED) is 0.900. The molecule has 27 heavy (non-hydrogen) atoms. The molecule has 142 valence electrons. The number of carbonyl (C=O) groups excluding carboxylic acids is 2. The molecule has 0 spiro atoms. The van der Waals surface area contributed by atoms with Gasteiger partial charge in [-0.25, -0.2) is 0 Å². The highest BCUT2D eigenvalue weighted by atomic mass is 16.5. The number of fused-ring (bicyclic) bond motifs is 1. The zero-order chi connectivity index (χ0) is 18.8. The van der Waals surface area contributed by atoms with Crippen molar-refractivity contribution >= 4 is 11.8 Å². The van der Waals surface area contributed by atoms with Crippen molar-refractivity contribution in [3.05, 3.63) is 59.5 Å². The Morgan fingerprint density at radius 1 is 1.19 bits per heavy atom. The highest BCUT2D eigenvalue weighted by molar-refractivity contribution is 5.96. The fourth-order valence-corrected chi connectivity index (χ4v) is 3.92. The van der Waals surface area contributed by atoms with Crippen LogP contribution in [0.15, 0.2) is 47.1 Å². The Morgan fingerprint density at radius 3 is 2.70 bits per heavy atom. The SMILES string of the molecule is CC(NC(=O)C1Cc2ccccc2CN1C(=O)c1ccco1)C1CCCO1. The summed E-state index contributed by atoms with van der Waals surface area (Å²) in [4.78, 5) is 27.6. The highest BCUT2D eigenvalue weighted by Gasteiger charge is 2.37. The molecular weight excluding hydrogens is 344 g/mol. The largest absolute Gasteiger partial charge is 0.459 e. The Hall–Kier alpha value is -2.60. The fraction of sp³-hybridized carbons (Fsp3) is 0.429. The van der Waals surface area contributed by atoms with Gasteiger partial charge in [-0.2, -0.15) is 0 Å². The van der Waals surface area contributed by atoms with Gasteiger partial charge in [0.25, 0.3) is 5.91 Å². The molecule has 0 radical (unpaired) electrons. The molecule has 6 heteroatoms. The predicted molar refractivity (Wildman–Crippen MR) is 99.1 cm³/mol. The molecule has 1 fully saturated rings. The molecule has 2 aliphatic heterocycles. The summed E-state index contributed by atoms with van der Waals surface area (Å²) in [5, 5.41) is 3.06. The standard InChI is InChI=1S/C21H24N2O4/c1-14(18-8-4-10-26-18)22-20(24)17-12-15-6-2-3-7-16(15)13-23(17)21(25)19-9-5-11-27-19/h2-3,5-7,9,11,14,17-18H,4,8,10,12-13H2,1H3,(H,22,24). The molecule has 1 aromatic carbocycles. The summed E-state index contributed by atoms with van der Waals surface area (Å²) < 4.78 is 11.0. The summed E-state index contributed by atoms with van der Waals surface area (Å²) in [6.07, 6.45) is 3.97. The van der Waals surface area contributed by atoms with E-state index in [9.17, 15) is 9.59 Å². The first-order valence-corrected chi connectivity index (χ1v) is 9.46. The van der Waals surface area contributed by atoms with Gasteiger partial charge in [-0.3, -0.25) is 9.59 Å². The topological polar surface area (TPSA) is 71.8 Å². The summed E-state index contributed by atoms with van der Waals surface area (Å²) in [7, 11) is 0. The Bertz CT molecular complexity index is 811. The van der Waals surface area contributed by atoms with Gasteiger partial charge in [0.05, 0.1) is 18.4 Å². The van der Waals surface area contributed by atoms with E-state index >= 15 is 0 Å². The minimum atomic E-state index is -0.568. The third-order valence-corrected chi connectivity index (χ3v) is 5.44. The molecule has 1 aromatic heterocycles. The number of nitrogens with one attached hydrogen (secondary N) is 1. The van der Waals surface area contributed by atoms with Gasteiger partial charge >= 0.3 is 0 Å². The Kier molecular flexibility index (Phi) is 4.99. The summed E-state index contributed by atoms with van der Waals surface area (Å²) in [6, 6.07) is 10.6. The second-order valence-electron chi connectivity index (χ2n) is 7.25. The van der Waals surface area contributed by atoms with Gasteiger partial charge in [-0.1, -0.05) is 24.3 Å². The van der Waals surface area contributed by atoms with Gasteiger partial charge in [0.15, 0.2) is 5.76 Å². The molecule has 1 saturated heterocycles. The van der Waals surface area contributed by atoms with Crippen molar-refractivity contribution in [3.8, 4) is 0 Å². The number of hydrogen-bond acceptors (Lipinski definition) is 4. The highest BCUT2D eigenvalue weighted by Crippen LogP contribution is 2.26. The zero-order valence-corrected chi connectivity index (χ0v) is 15.4. The second kappa shape index (κ2) is 7.56. The first kappa shape index (κ1) is 17.8. The Balaban J connectivity index is 1.56. The summed E-state index contributed by atoms with van der Waals surface area (Å²) in [5.74, 6) is -0.161. The third-order valence-electron chi connectivity index (χ3n) is 5.44. The smallest absolute Gasteiger partial charge is 0.290 e. The first-order valence-electron chi connectivity index (χ1n) is 9.46. The minimum Gasteiger partial charge on any atom is -0.459 e. The maximum absolute atomic E-state index is 13.1. The van der Waals surface area contributed by atoms with Crippen molar-refractivity contribution in [2.45, 2.75) is 50.9 Å². The van der Waals surface area contributed by atoms with E-state index in [0.717, 1.165) is 30.6 Å². The molecule has 1 N–H and O–H groups in total. The number of hydrogen-bond donors (Lipinski definition) is 1. The average molecular weight is 368 g/mol. The monoisotopic (exact) mass is 368 g/mol. The molecule has 0 aliphatic carbocycles. The van der Waals surface area contributed by atoms with Crippen molar-refractivity contribution in [1.82, 2.24) is 10.2 Å². The van der Waals surface area contributed by atoms with Crippen LogP contribution in [-0.2, 0) is 22.5 Å². The average Bonchev–Trinajstić information content (AvgIpc) is 3.40. The van der Waals surface area contributed by atoms with E-state index in [2.05, 4.69) is 5.32 Å². The van der Waals surface area contributed by atoms with Crippen LogP contribution in [0.3, 0.4) is 0 Å². The van der Waals surface area contributed by atoms with Crippen molar-refractivity contribution in [3.63, 3.8) is 0 Å². The van der Waals surface area contributed by atoms with Gasteiger partial charge in [0.1, 0.15) is 6.04 Å². The molecular formula is C21H24N2O4. The summed E-state index contributed by atoms with van der Waals surface area (Å²) >= 11 is 0. The van der Waals surface area contributed by atoms with E-state index in [1.54, 1.807) is 17.0 Å². The van der Waals surface area contributed by atoms with E-state index in [-0.39, 0.29) is 29.7 Å². The maximum Gasteiger partial charge on any atom is 0.290 e. The van der Waals surface area contributed by atoms with Crippen molar-refractivity contribution in [2.24, 2.45) is 0 Å². The number of rotatable bonds is 4. The number of nitrogens with zero attached hydrogens (tertiary/aromatic N) is 1. The zero-order valence-electron chi connectivity index (χ0n) is 15.4. The lowest BCUT2D eigenvalue weighted by atomic mass is 9.93. The lowest BCUT2D eigenvalue weighted by molar-refractivity contribution is -0.127. The van der Waals surface area contributed by atoms with E-state index in [0.29, 0.717) is 13.0 Å². The first-order chi connectivity index (χ1) is 13.1. The molecule has 2 aliphatic rings. The molecule has 3 unspecified atom stereocenters. The van der Waals surface area contributed by atoms with Crippen LogP contribution in [0.1, 0.15) is 41.4 Å². The molecule has 2 amide bonds. The van der Waals surface area contributed by atoms with E-state index in [4.69, 9.17) is 9.15 Å². The summed E-state index contributed by atoms with van der Waals surface area (Å²) in [6.45, 7) is 3.09. The molecule has 3 heterocycles. The van der Waals surface area contributed by atoms with Gasteiger partial charge in [-0.05, 0) is 43.0 Å². The Morgan fingerprint density at radius 2 is 2.00 bits per heavy atom. The maximum atomic E-state index is 13.1. The lowest BCUT2D eigenvalue weighted by Crippen LogP contribution is -2.55. The van der Waals surface area contributed by atoms with Crippen LogP contribution >= 0.6 is 0 Å². The van der Waals surface area contributed by atoms with Crippen LogP contribution in [-0.4, -0.2) is 41.5 Å². The lowest BCUT2D eigenvalue weighted by Gasteiger charge is -2.36. The molecule has 6 nitrogen and oxygen atoms in total. The molecule has 0 saturated carbocycles. The summed E-state index contributed by atoms with van der Waals surface area (Å²) in [5.41, 5.74) is 2.17. The van der Waals surface area contributed by atoms with E-state index in [1.165, 1.54) is 6.26 Å². The van der Waals surface area contributed by atoms with Crippen molar-refractivity contribution in [1.29, 1.82) is 0 Å². The number of carbonyl (C=O) groups is 2. The van der Waals surface area contributed by atoms with Gasteiger partial charge in [0.2, 0.25) is 5.91 Å². The van der Waals surface area contributed by atoms with Crippen LogP contribution in [0.4, 0.5) is 0 Å². The molecule has 4 rings (SSSR count). The van der Waals surface area contributed by atoms with E-state index in [1.807, 2.05) is 31.2 Å². The van der Waals surface area contributed by atoms with Crippen molar-refractivity contribution in [2.75, 3.05) is 6.61 Å². The van der Waals surface area contributed by atoms with Gasteiger partial charge in [-0.15, -0.1) is 0 Å².